The molecule has 0 aliphatic heterocycles. The van der Waals surface area contributed by atoms with Crippen molar-refractivity contribution >= 4 is 54.5 Å². The molecule has 122 valence electrons. The predicted octanol–water partition coefficient (Wildman–Crippen LogP) is 1.06. The van der Waals surface area contributed by atoms with Gasteiger partial charge in [-0.1, -0.05) is 29.3 Å². The molecule has 1 aromatic rings. The van der Waals surface area contributed by atoms with Gasteiger partial charge in [0.05, 0.1) is 4.92 Å². The van der Waals surface area contributed by atoms with Crippen molar-refractivity contribution in [1.82, 2.24) is 0 Å². The maximum Gasteiger partial charge on any atom is 0.309 e. The molecule has 13 heteroatoms. The number of nitrogens with two attached hydrogens (primary N) is 2. The van der Waals surface area contributed by atoms with Crippen molar-refractivity contribution < 1.29 is 21.8 Å². The minimum absolute atomic E-state index is 0.0450. The lowest BCUT2D eigenvalue weighted by atomic mass is 10.1. The third-order valence-electron chi connectivity index (χ3n) is 2.56. The number of rotatable bonds is 4. The fraction of sp³-hybridized carbons (Fsp3) is 0.111. The van der Waals surface area contributed by atoms with E-state index in [0.717, 1.165) is 12.1 Å². The molecular formula is C9H9Cl2N3O6S2. The van der Waals surface area contributed by atoms with Gasteiger partial charge >= 0.3 is 5.69 Å². The van der Waals surface area contributed by atoms with Crippen LogP contribution < -0.4 is 10.3 Å². The van der Waals surface area contributed by atoms with Gasteiger partial charge < -0.3 is 0 Å². The van der Waals surface area contributed by atoms with Crippen molar-refractivity contribution in [3.63, 3.8) is 0 Å². The molecule has 0 saturated heterocycles. The summed E-state index contributed by atoms with van der Waals surface area (Å²) in [6.07, 6.45) is 0. The number of sulfonamides is 2. The van der Waals surface area contributed by atoms with Crippen molar-refractivity contribution in [2.75, 3.05) is 0 Å². The Morgan fingerprint density at radius 1 is 1.14 bits per heavy atom. The van der Waals surface area contributed by atoms with E-state index in [1.54, 1.807) is 0 Å². The van der Waals surface area contributed by atoms with Crippen LogP contribution in [0.1, 0.15) is 12.5 Å². The number of nitrogens with zero attached hydrogens (tertiary/aromatic N) is 1. The monoisotopic (exact) mass is 389 g/mol. The second-order valence-corrected chi connectivity index (χ2v) is 8.00. The molecule has 0 aliphatic carbocycles. The van der Waals surface area contributed by atoms with Gasteiger partial charge in [-0.3, -0.25) is 10.1 Å². The number of allylic oxidation sites excluding steroid dienone is 1. The van der Waals surface area contributed by atoms with E-state index in [1.165, 1.54) is 6.92 Å². The summed E-state index contributed by atoms with van der Waals surface area (Å²) in [5, 5.41) is 21.0. The van der Waals surface area contributed by atoms with Crippen LogP contribution in [0.25, 0.3) is 5.57 Å². The van der Waals surface area contributed by atoms with Crippen LogP contribution >= 0.6 is 23.2 Å². The number of benzene rings is 1. The number of halogens is 2. The van der Waals surface area contributed by atoms with E-state index in [9.17, 15) is 26.9 Å². The highest BCUT2D eigenvalue weighted by Gasteiger charge is 2.35. The smallest absolute Gasteiger partial charge is 0.258 e. The largest absolute Gasteiger partial charge is 0.309 e. The van der Waals surface area contributed by atoms with Crippen LogP contribution in [0.5, 0.6) is 0 Å². The summed E-state index contributed by atoms with van der Waals surface area (Å²) in [6, 6.07) is 1.74. The molecule has 0 atom stereocenters. The Hall–Kier alpha value is -1.24. The summed E-state index contributed by atoms with van der Waals surface area (Å²) in [7, 11) is -9.25. The van der Waals surface area contributed by atoms with Crippen LogP contribution in [-0.4, -0.2) is 21.8 Å². The van der Waals surface area contributed by atoms with Crippen LogP contribution in [0.15, 0.2) is 26.4 Å². The Labute approximate surface area is 135 Å². The summed E-state index contributed by atoms with van der Waals surface area (Å²) in [4.78, 5) is 7.92. The van der Waals surface area contributed by atoms with Gasteiger partial charge in [-0.05, 0) is 18.6 Å². The Kier molecular flexibility index (Phi) is 5.22. The maximum absolute atomic E-state index is 11.7. The average molecular weight is 390 g/mol. The lowest BCUT2D eigenvalue weighted by Crippen LogP contribution is -2.20. The fourth-order valence-corrected chi connectivity index (χ4v) is 3.59. The molecule has 0 amide bonds. The highest BCUT2D eigenvalue weighted by molar-refractivity contribution is 7.90. The first kappa shape index (κ1) is 18.8. The highest BCUT2D eigenvalue weighted by Crippen LogP contribution is 2.37. The molecule has 0 heterocycles. The quantitative estimate of drug-likeness (QED) is 0.576. The number of nitro benzene ring substituents is 1. The van der Waals surface area contributed by atoms with Crippen molar-refractivity contribution in [3.8, 4) is 0 Å². The van der Waals surface area contributed by atoms with E-state index in [0.29, 0.717) is 0 Å². The molecule has 0 fully saturated rings. The number of hydrogen-bond donors (Lipinski definition) is 2. The van der Waals surface area contributed by atoms with Crippen molar-refractivity contribution in [1.29, 1.82) is 0 Å². The van der Waals surface area contributed by atoms with Gasteiger partial charge in [-0.15, -0.1) is 0 Å². The zero-order valence-corrected chi connectivity index (χ0v) is 13.9. The minimum Gasteiger partial charge on any atom is -0.258 e. The van der Waals surface area contributed by atoms with Crippen LogP contribution in [0.3, 0.4) is 0 Å². The predicted molar refractivity (Wildman–Crippen MR) is 80.1 cm³/mol. The molecule has 0 radical (unpaired) electrons. The molecule has 1 rings (SSSR count). The number of hydrogen-bond acceptors (Lipinski definition) is 6. The van der Waals surface area contributed by atoms with Crippen LogP contribution in [0.4, 0.5) is 5.69 Å². The minimum atomic E-state index is -4.68. The summed E-state index contributed by atoms with van der Waals surface area (Å²) < 4.78 is 45.9. The summed E-state index contributed by atoms with van der Waals surface area (Å²) >= 11 is 11.1. The van der Waals surface area contributed by atoms with Crippen molar-refractivity contribution in [2.45, 2.75) is 16.7 Å². The Morgan fingerprint density at radius 3 is 1.95 bits per heavy atom. The highest BCUT2D eigenvalue weighted by atomic mass is 35.5. The van der Waals surface area contributed by atoms with Crippen LogP contribution in [0, 0.1) is 10.1 Å². The van der Waals surface area contributed by atoms with E-state index in [1.807, 2.05) is 0 Å². The fourth-order valence-electron chi connectivity index (χ4n) is 1.64. The third-order valence-corrected chi connectivity index (χ3v) is 5.05. The summed E-state index contributed by atoms with van der Waals surface area (Å²) in [6.45, 7) is 1.28. The Bertz CT molecular complexity index is 888. The zero-order valence-electron chi connectivity index (χ0n) is 10.8. The molecule has 0 unspecified atom stereocenters. The molecule has 0 aromatic heterocycles. The first-order valence-electron chi connectivity index (χ1n) is 5.17. The number of primary sulfonamides is 2. The lowest BCUT2D eigenvalue weighted by molar-refractivity contribution is -0.390. The van der Waals surface area contributed by atoms with Gasteiger partial charge in [0.25, 0.3) is 0 Å². The van der Waals surface area contributed by atoms with Crippen molar-refractivity contribution in [3.05, 3.63) is 32.3 Å². The van der Waals surface area contributed by atoms with Gasteiger partial charge in [0.15, 0.2) is 9.79 Å². The standard InChI is InChI=1S/C9H9Cl2N3O6S2/c1-4(9(10)11)5-2-3-6(21(12,17)18)7(14(15)16)8(5)22(13,19)20/h2-3H,1H3,(H2,12,17,18)(H2,13,19,20). The summed E-state index contributed by atoms with van der Waals surface area (Å²) in [5.41, 5.74) is -1.62. The topological polar surface area (TPSA) is 163 Å². The lowest BCUT2D eigenvalue weighted by Gasteiger charge is -2.11. The Balaban J connectivity index is 4.18. The molecule has 9 nitrogen and oxygen atoms in total. The molecule has 4 N–H and O–H groups in total. The Morgan fingerprint density at radius 2 is 1.64 bits per heavy atom. The molecule has 0 spiro atoms. The van der Waals surface area contributed by atoms with Gasteiger partial charge in [0.1, 0.15) is 4.49 Å². The SMILES string of the molecule is CC(=C(Cl)Cl)c1ccc(S(N)(=O)=O)c([N+](=O)[O-])c1S(N)(=O)=O. The van der Waals surface area contributed by atoms with Crippen LogP contribution in [-0.2, 0) is 20.0 Å². The van der Waals surface area contributed by atoms with Gasteiger partial charge in [0.2, 0.25) is 20.0 Å². The maximum atomic E-state index is 11.7. The van der Waals surface area contributed by atoms with Gasteiger partial charge in [-0.25, -0.2) is 27.1 Å². The van der Waals surface area contributed by atoms with Gasteiger partial charge in [-0.2, -0.15) is 0 Å². The zero-order chi connectivity index (χ0) is 17.5. The third kappa shape index (κ3) is 3.74. The second-order valence-electron chi connectivity index (χ2n) is 4.02. The van der Waals surface area contributed by atoms with E-state index < -0.39 is 40.4 Å². The normalized spacial score (nSPS) is 12.0. The average Bonchev–Trinajstić information content (AvgIpc) is 2.33. The first-order chi connectivity index (χ1) is 9.78. The van der Waals surface area contributed by atoms with Gasteiger partial charge in [0, 0.05) is 5.56 Å². The van der Waals surface area contributed by atoms with Crippen molar-refractivity contribution in [2.24, 2.45) is 10.3 Å². The van der Waals surface area contributed by atoms with Crippen LogP contribution in [0.2, 0.25) is 0 Å². The van der Waals surface area contributed by atoms with E-state index in [4.69, 9.17) is 33.5 Å². The molecular weight excluding hydrogens is 381 g/mol. The second kappa shape index (κ2) is 6.10. The first-order valence-corrected chi connectivity index (χ1v) is 9.02. The molecule has 0 aliphatic rings. The molecule has 22 heavy (non-hydrogen) atoms. The molecule has 0 saturated carbocycles. The van der Waals surface area contributed by atoms with E-state index >= 15 is 0 Å². The number of nitro groups is 1. The van der Waals surface area contributed by atoms with E-state index in [-0.39, 0.29) is 15.6 Å². The summed E-state index contributed by atoms with van der Waals surface area (Å²) in [5.74, 6) is 0. The molecule has 1 aromatic carbocycles. The molecule has 0 bridgehead atoms. The van der Waals surface area contributed by atoms with E-state index in [2.05, 4.69) is 0 Å².